The van der Waals surface area contributed by atoms with Gasteiger partial charge in [-0.15, -0.1) is 0 Å². The number of aliphatic carboxylic acids is 1. The van der Waals surface area contributed by atoms with E-state index in [9.17, 15) is 4.79 Å². The molecule has 4 nitrogen and oxygen atoms in total. The molecule has 0 saturated heterocycles. The molecule has 96 valence electrons. The molecule has 0 aliphatic heterocycles. The second kappa shape index (κ2) is 8.44. The van der Waals surface area contributed by atoms with Gasteiger partial charge in [0.05, 0.1) is 7.11 Å². The second-order valence-corrected chi connectivity index (χ2v) is 3.78. The number of hydrogen-bond acceptors (Lipinski definition) is 3. The van der Waals surface area contributed by atoms with E-state index in [4.69, 9.17) is 14.9 Å². The summed E-state index contributed by atoms with van der Waals surface area (Å²) >= 11 is 0. The number of para-hydroxylation sites is 2. The topological polar surface area (TPSA) is 66.8 Å². The maximum absolute atomic E-state index is 9.97. The van der Waals surface area contributed by atoms with Crippen LogP contribution in [0.15, 0.2) is 24.3 Å². The fourth-order valence-corrected chi connectivity index (χ4v) is 1.07. The van der Waals surface area contributed by atoms with Gasteiger partial charge in [0, 0.05) is 6.42 Å². The SMILES string of the molecule is CCC(C)CC(=O)O.COc1ccccc1O. The minimum atomic E-state index is -0.695. The zero-order valence-electron chi connectivity index (χ0n) is 10.5. The number of carbonyl (C=O) groups is 1. The third-order valence-electron chi connectivity index (χ3n) is 2.31. The van der Waals surface area contributed by atoms with Crippen LogP contribution in [0.4, 0.5) is 0 Å². The van der Waals surface area contributed by atoms with Crippen LogP contribution in [0, 0.1) is 5.92 Å². The minimum absolute atomic E-state index is 0.181. The molecule has 0 spiro atoms. The Bertz CT molecular complexity index is 336. The standard InChI is InChI=1S/C7H8O2.C6H12O2/c1-9-7-5-3-2-4-6(7)8;1-3-5(2)4-6(7)8/h2-5,8H,1H3;5H,3-4H2,1-2H3,(H,7,8). The van der Waals surface area contributed by atoms with Crippen molar-refractivity contribution < 1.29 is 19.7 Å². The summed E-state index contributed by atoms with van der Waals surface area (Å²) in [5.74, 6) is 0.323. The van der Waals surface area contributed by atoms with E-state index >= 15 is 0 Å². The highest BCUT2D eigenvalue weighted by Gasteiger charge is 2.02. The first-order valence-corrected chi connectivity index (χ1v) is 5.55. The van der Waals surface area contributed by atoms with Crippen molar-refractivity contribution in [2.45, 2.75) is 26.7 Å². The zero-order valence-corrected chi connectivity index (χ0v) is 10.5. The Labute approximate surface area is 102 Å². The normalized spacial score (nSPS) is 11.0. The van der Waals surface area contributed by atoms with Gasteiger partial charge in [-0.2, -0.15) is 0 Å². The molecule has 1 rings (SSSR count). The summed E-state index contributed by atoms with van der Waals surface area (Å²) in [5, 5.41) is 17.2. The number of phenols is 1. The minimum Gasteiger partial charge on any atom is -0.504 e. The van der Waals surface area contributed by atoms with Gasteiger partial charge in [-0.3, -0.25) is 4.79 Å². The van der Waals surface area contributed by atoms with Gasteiger partial charge >= 0.3 is 5.97 Å². The molecule has 1 aromatic carbocycles. The summed E-state index contributed by atoms with van der Waals surface area (Å²) in [6.07, 6.45) is 1.25. The van der Waals surface area contributed by atoms with Crippen LogP contribution in [0.1, 0.15) is 26.7 Å². The van der Waals surface area contributed by atoms with Crippen LogP contribution in [0.5, 0.6) is 11.5 Å². The first-order valence-electron chi connectivity index (χ1n) is 5.55. The second-order valence-electron chi connectivity index (χ2n) is 3.78. The van der Waals surface area contributed by atoms with E-state index < -0.39 is 5.97 Å². The van der Waals surface area contributed by atoms with Crippen molar-refractivity contribution in [2.75, 3.05) is 7.11 Å². The van der Waals surface area contributed by atoms with Crippen molar-refractivity contribution in [1.82, 2.24) is 0 Å². The number of aromatic hydroxyl groups is 1. The molecule has 1 aromatic rings. The molecule has 0 aliphatic carbocycles. The van der Waals surface area contributed by atoms with Crippen molar-refractivity contribution >= 4 is 5.97 Å². The van der Waals surface area contributed by atoms with Crippen LogP contribution in [0.2, 0.25) is 0 Å². The molecule has 0 bridgehead atoms. The van der Waals surface area contributed by atoms with Crippen LogP contribution >= 0.6 is 0 Å². The summed E-state index contributed by atoms with van der Waals surface area (Å²) in [6, 6.07) is 6.84. The van der Waals surface area contributed by atoms with Gasteiger partial charge in [0.25, 0.3) is 0 Å². The Kier molecular flexibility index (Phi) is 7.59. The first kappa shape index (κ1) is 15.3. The maximum Gasteiger partial charge on any atom is 0.303 e. The molecule has 4 heteroatoms. The lowest BCUT2D eigenvalue weighted by Gasteiger charge is -2.00. The predicted octanol–water partition coefficient (Wildman–Crippen LogP) is 2.91. The fourth-order valence-electron chi connectivity index (χ4n) is 1.07. The van der Waals surface area contributed by atoms with Crippen molar-refractivity contribution in [3.63, 3.8) is 0 Å². The molecule has 0 saturated carbocycles. The molecule has 0 heterocycles. The van der Waals surface area contributed by atoms with E-state index in [-0.39, 0.29) is 5.75 Å². The Hall–Kier alpha value is -1.71. The average molecular weight is 240 g/mol. The van der Waals surface area contributed by atoms with Gasteiger partial charge in [-0.25, -0.2) is 0 Å². The highest BCUT2D eigenvalue weighted by Crippen LogP contribution is 2.22. The molecule has 0 fully saturated rings. The van der Waals surface area contributed by atoms with E-state index in [1.54, 1.807) is 24.3 Å². The molecular weight excluding hydrogens is 220 g/mol. The number of rotatable bonds is 4. The van der Waals surface area contributed by atoms with E-state index in [2.05, 4.69) is 0 Å². The number of benzene rings is 1. The lowest BCUT2D eigenvalue weighted by atomic mass is 10.1. The summed E-state index contributed by atoms with van der Waals surface area (Å²) in [6.45, 7) is 3.93. The zero-order chi connectivity index (χ0) is 13.3. The van der Waals surface area contributed by atoms with Crippen molar-refractivity contribution in [2.24, 2.45) is 5.92 Å². The third kappa shape index (κ3) is 7.22. The number of methoxy groups -OCH3 is 1. The van der Waals surface area contributed by atoms with Gasteiger partial charge in [-0.1, -0.05) is 32.4 Å². The molecule has 1 atom stereocenters. The molecular formula is C13H20O4. The molecule has 0 radical (unpaired) electrons. The Morgan fingerprint density at radius 3 is 2.29 bits per heavy atom. The third-order valence-corrected chi connectivity index (χ3v) is 2.31. The number of carboxylic acid groups (broad SMARTS) is 1. The summed E-state index contributed by atoms with van der Waals surface area (Å²) in [7, 11) is 1.52. The predicted molar refractivity (Wildman–Crippen MR) is 66.4 cm³/mol. The Balaban J connectivity index is 0.000000304. The maximum atomic E-state index is 9.97. The molecule has 0 amide bonds. The molecule has 0 aliphatic rings. The largest absolute Gasteiger partial charge is 0.504 e. The van der Waals surface area contributed by atoms with Crippen LogP contribution in [0.25, 0.3) is 0 Å². The van der Waals surface area contributed by atoms with E-state index in [0.717, 1.165) is 6.42 Å². The lowest BCUT2D eigenvalue weighted by Crippen LogP contribution is -2.02. The highest BCUT2D eigenvalue weighted by atomic mass is 16.5. The molecule has 0 aromatic heterocycles. The summed E-state index contributed by atoms with van der Waals surface area (Å²) in [5.41, 5.74) is 0. The van der Waals surface area contributed by atoms with Gasteiger partial charge in [-0.05, 0) is 18.1 Å². The van der Waals surface area contributed by atoms with Gasteiger partial charge < -0.3 is 14.9 Å². The first-order chi connectivity index (χ1) is 8.01. The van der Waals surface area contributed by atoms with Crippen LogP contribution in [0.3, 0.4) is 0 Å². The summed E-state index contributed by atoms with van der Waals surface area (Å²) < 4.78 is 4.79. The smallest absolute Gasteiger partial charge is 0.303 e. The highest BCUT2D eigenvalue weighted by molar-refractivity contribution is 5.66. The Morgan fingerprint density at radius 2 is 2.00 bits per heavy atom. The quantitative estimate of drug-likeness (QED) is 0.849. The number of ether oxygens (including phenoxy) is 1. The monoisotopic (exact) mass is 240 g/mol. The van der Waals surface area contributed by atoms with Crippen molar-refractivity contribution in [3.8, 4) is 11.5 Å². The van der Waals surface area contributed by atoms with Crippen molar-refractivity contribution in [3.05, 3.63) is 24.3 Å². The van der Waals surface area contributed by atoms with Crippen molar-refractivity contribution in [1.29, 1.82) is 0 Å². The molecule has 1 unspecified atom stereocenters. The van der Waals surface area contributed by atoms with Gasteiger partial charge in [0.2, 0.25) is 0 Å². The number of hydrogen-bond donors (Lipinski definition) is 2. The van der Waals surface area contributed by atoms with E-state index in [1.807, 2.05) is 13.8 Å². The van der Waals surface area contributed by atoms with Crippen LogP contribution < -0.4 is 4.74 Å². The van der Waals surface area contributed by atoms with Crippen LogP contribution in [-0.4, -0.2) is 23.3 Å². The number of phenolic OH excluding ortho intramolecular Hbond substituents is 1. The summed E-state index contributed by atoms with van der Waals surface area (Å²) in [4.78, 5) is 9.97. The van der Waals surface area contributed by atoms with E-state index in [0.29, 0.717) is 18.1 Å². The van der Waals surface area contributed by atoms with Crippen LogP contribution in [-0.2, 0) is 4.79 Å². The van der Waals surface area contributed by atoms with Gasteiger partial charge in [0.15, 0.2) is 11.5 Å². The van der Waals surface area contributed by atoms with E-state index in [1.165, 1.54) is 7.11 Å². The Morgan fingerprint density at radius 1 is 1.41 bits per heavy atom. The average Bonchev–Trinajstić information content (AvgIpc) is 2.29. The fraction of sp³-hybridized carbons (Fsp3) is 0.462. The number of carboxylic acids is 1. The van der Waals surface area contributed by atoms with Gasteiger partial charge in [0.1, 0.15) is 0 Å². The molecule has 17 heavy (non-hydrogen) atoms. The molecule has 2 N–H and O–H groups in total. The lowest BCUT2D eigenvalue weighted by molar-refractivity contribution is -0.137.